The Morgan fingerprint density at radius 2 is 2.09 bits per heavy atom. The highest BCUT2D eigenvalue weighted by Gasteiger charge is 2.24. The molecular formula is C17H27N2O3+. The van der Waals surface area contributed by atoms with Crippen LogP contribution < -0.4 is 9.30 Å². The van der Waals surface area contributed by atoms with Crippen molar-refractivity contribution in [1.82, 2.24) is 4.90 Å². The number of nitrogens with zero attached hydrogens (tertiary/aromatic N) is 2. The third-order valence-electron chi connectivity index (χ3n) is 4.60. The molecule has 1 aromatic rings. The number of carbonyl (C=O) groups excluding carboxylic acids is 1. The van der Waals surface area contributed by atoms with Crippen LogP contribution in [0.5, 0.6) is 11.5 Å². The van der Waals surface area contributed by atoms with Crippen LogP contribution in [-0.2, 0) is 11.3 Å². The van der Waals surface area contributed by atoms with Crippen molar-refractivity contribution in [2.45, 2.75) is 58.5 Å². The smallest absolute Gasteiger partial charge is 0.260 e. The molecule has 22 heavy (non-hydrogen) atoms. The van der Waals surface area contributed by atoms with Gasteiger partial charge in [0.1, 0.15) is 6.54 Å². The second-order valence-electron chi connectivity index (χ2n) is 5.99. The van der Waals surface area contributed by atoms with Crippen molar-refractivity contribution in [2.75, 3.05) is 13.7 Å². The number of hydrogen-bond donors (Lipinski definition) is 1. The van der Waals surface area contributed by atoms with E-state index in [-0.39, 0.29) is 18.3 Å². The molecule has 1 fully saturated rings. The number of aryl methyl sites for hydroxylation is 1. The molecule has 5 heteroatoms. The van der Waals surface area contributed by atoms with E-state index in [9.17, 15) is 9.90 Å². The molecule has 0 radical (unpaired) electrons. The van der Waals surface area contributed by atoms with Crippen molar-refractivity contribution >= 4 is 5.91 Å². The minimum Gasteiger partial charge on any atom is -0.504 e. The zero-order valence-corrected chi connectivity index (χ0v) is 13.8. The van der Waals surface area contributed by atoms with Crippen LogP contribution in [0, 0.1) is 6.92 Å². The van der Waals surface area contributed by atoms with Crippen LogP contribution >= 0.6 is 0 Å². The molecule has 0 saturated heterocycles. The lowest BCUT2D eigenvalue weighted by Gasteiger charge is -2.31. The maximum atomic E-state index is 12.3. The average molecular weight is 307 g/mol. The highest BCUT2D eigenvalue weighted by atomic mass is 16.5. The molecule has 5 nitrogen and oxygen atoms in total. The number of pyridine rings is 1. The van der Waals surface area contributed by atoms with E-state index in [1.807, 2.05) is 36.6 Å². The van der Waals surface area contributed by atoms with Crippen LogP contribution in [0.15, 0.2) is 12.3 Å². The molecule has 0 unspecified atom stereocenters. The van der Waals surface area contributed by atoms with Crippen molar-refractivity contribution in [3.05, 3.63) is 18.0 Å². The van der Waals surface area contributed by atoms with Gasteiger partial charge in [0.05, 0.1) is 0 Å². The second kappa shape index (κ2) is 7.47. The van der Waals surface area contributed by atoms with Crippen LogP contribution in [0.4, 0.5) is 0 Å². The lowest BCUT2D eigenvalue weighted by atomic mass is 9.94. The van der Waals surface area contributed by atoms with Gasteiger partial charge in [0.2, 0.25) is 11.4 Å². The third kappa shape index (κ3) is 3.70. The summed E-state index contributed by atoms with van der Waals surface area (Å²) < 4.78 is 7.60. The monoisotopic (exact) mass is 307 g/mol. The van der Waals surface area contributed by atoms with Crippen molar-refractivity contribution in [2.24, 2.45) is 0 Å². The first-order chi connectivity index (χ1) is 10.5. The lowest BCUT2D eigenvalue weighted by molar-refractivity contribution is -0.699. The minimum atomic E-state index is -0.0326. The molecule has 0 aromatic carbocycles. The predicted octanol–water partition coefficient (Wildman–Crippen LogP) is 2.18. The topological polar surface area (TPSA) is 53.7 Å². The number of hydrogen-bond acceptors (Lipinski definition) is 3. The maximum absolute atomic E-state index is 12.3. The first-order valence-corrected chi connectivity index (χ1v) is 8.15. The summed E-state index contributed by atoms with van der Waals surface area (Å²) in [7, 11) is 1.85. The van der Waals surface area contributed by atoms with Crippen LogP contribution in [0.2, 0.25) is 0 Å². The molecule has 0 aliphatic heterocycles. The number of ether oxygens (including phenoxy) is 1. The molecule has 1 saturated carbocycles. The third-order valence-corrected chi connectivity index (χ3v) is 4.60. The van der Waals surface area contributed by atoms with E-state index in [4.69, 9.17) is 4.74 Å². The number of rotatable bonds is 5. The van der Waals surface area contributed by atoms with Gasteiger partial charge < -0.3 is 14.7 Å². The summed E-state index contributed by atoms with van der Waals surface area (Å²) in [6.07, 6.45) is 7.62. The Kier molecular flexibility index (Phi) is 5.63. The molecule has 1 aliphatic carbocycles. The van der Waals surface area contributed by atoms with Gasteiger partial charge in [-0.05, 0) is 19.8 Å². The first-order valence-electron chi connectivity index (χ1n) is 8.15. The highest BCUT2D eigenvalue weighted by molar-refractivity contribution is 5.78. The minimum absolute atomic E-state index is 0.0300. The van der Waals surface area contributed by atoms with Gasteiger partial charge in [-0.3, -0.25) is 4.79 Å². The van der Waals surface area contributed by atoms with Gasteiger partial charge in [-0.2, -0.15) is 4.57 Å². The van der Waals surface area contributed by atoms with Gasteiger partial charge in [-0.15, -0.1) is 0 Å². The van der Waals surface area contributed by atoms with Gasteiger partial charge >= 0.3 is 0 Å². The summed E-state index contributed by atoms with van der Waals surface area (Å²) in [6.45, 7) is 4.66. The highest BCUT2D eigenvalue weighted by Crippen LogP contribution is 2.27. The van der Waals surface area contributed by atoms with Gasteiger partial charge in [-0.25, -0.2) is 0 Å². The van der Waals surface area contributed by atoms with Crippen molar-refractivity contribution < 1.29 is 19.2 Å². The Morgan fingerprint density at radius 1 is 1.41 bits per heavy atom. The molecule has 122 valence electrons. The summed E-state index contributed by atoms with van der Waals surface area (Å²) in [6, 6.07) is 1.93. The molecule has 0 atom stereocenters. The molecule has 1 aliphatic rings. The molecule has 0 spiro atoms. The SMILES string of the molecule is CC[n+]1ccc(O)c(OCC(=O)N(C)C2CCCCC2)c1C. The second-order valence-corrected chi connectivity index (χ2v) is 5.99. The van der Waals surface area contributed by atoms with Crippen LogP contribution in [-0.4, -0.2) is 35.6 Å². The Bertz CT molecular complexity index is 525. The van der Waals surface area contributed by atoms with Crippen LogP contribution in [0.3, 0.4) is 0 Å². The van der Waals surface area contributed by atoms with Gasteiger partial charge in [0.25, 0.3) is 5.91 Å². The molecule has 1 N–H and O–H groups in total. The van der Waals surface area contributed by atoms with E-state index in [0.717, 1.165) is 25.1 Å². The molecule has 1 amide bonds. The van der Waals surface area contributed by atoms with Crippen molar-refractivity contribution in [1.29, 1.82) is 0 Å². The van der Waals surface area contributed by atoms with E-state index in [2.05, 4.69) is 0 Å². The van der Waals surface area contributed by atoms with Crippen molar-refractivity contribution in [3.8, 4) is 11.5 Å². The summed E-state index contributed by atoms with van der Waals surface area (Å²) in [4.78, 5) is 14.1. The fourth-order valence-corrected chi connectivity index (χ4v) is 3.09. The number of aromatic nitrogens is 1. The Balaban J connectivity index is 1.98. The normalized spacial score (nSPS) is 15.6. The van der Waals surface area contributed by atoms with Crippen LogP contribution in [0.25, 0.3) is 0 Å². The Hall–Kier alpha value is -1.78. The predicted molar refractivity (Wildman–Crippen MR) is 83.9 cm³/mol. The largest absolute Gasteiger partial charge is 0.504 e. The first kappa shape index (κ1) is 16.6. The number of amides is 1. The fourth-order valence-electron chi connectivity index (χ4n) is 3.09. The fraction of sp³-hybridized carbons (Fsp3) is 0.647. The van der Waals surface area contributed by atoms with Crippen LogP contribution in [0.1, 0.15) is 44.7 Å². The van der Waals surface area contributed by atoms with E-state index in [1.165, 1.54) is 19.3 Å². The number of carbonyl (C=O) groups is 1. The average Bonchev–Trinajstić information content (AvgIpc) is 2.54. The standard InChI is InChI=1S/C17H26N2O3/c1-4-19-11-10-15(20)17(13(19)2)22-12-16(21)18(3)14-8-6-5-7-9-14/h10-11,14H,4-9,12H2,1-3H3/p+1. The number of likely N-dealkylation sites (N-methyl/N-ethyl adjacent to an activating group) is 1. The summed E-state index contributed by atoms with van der Waals surface area (Å²) in [5.41, 5.74) is 0.829. The summed E-state index contributed by atoms with van der Waals surface area (Å²) >= 11 is 0. The molecule has 0 bridgehead atoms. The summed E-state index contributed by atoms with van der Waals surface area (Å²) in [5.74, 6) is 0.447. The summed E-state index contributed by atoms with van der Waals surface area (Å²) in [5, 5.41) is 9.95. The van der Waals surface area contributed by atoms with E-state index >= 15 is 0 Å². The Labute approximate surface area is 132 Å². The quantitative estimate of drug-likeness (QED) is 0.848. The maximum Gasteiger partial charge on any atom is 0.260 e. The molecular weight excluding hydrogens is 280 g/mol. The zero-order valence-electron chi connectivity index (χ0n) is 13.8. The van der Waals surface area contributed by atoms with Gasteiger partial charge in [-0.1, -0.05) is 19.3 Å². The zero-order chi connectivity index (χ0) is 16.1. The van der Waals surface area contributed by atoms with E-state index in [0.29, 0.717) is 11.8 Å². The van der Waals surface area contributed by atoms with E-state index < -0.39 is 0 Å². The van der Waals surface area contributed by atoms with Crippen molar-refractivity contribution in [3.63, 3.8) is 0 Å². The number of aromatic hydroxyl groups is 1. The molecule has 2 rings (SSSR count). The lowest BCUT2D eigenvalue weighted by Crippen LogP contribution is -2.41. The van der Waals surface area contributed by atoms with E-state index in [1.54, 1.807) is 6.07 Å². The van der Waals surface area contributed by atoms with Gasteiger partial charge in [0.15, 0.2) is 18.6 Å². The molecule has 1 aromatic heterocycles. The molecule has 1 heterocycles. The van der Waals surface area contributed by atoms with Gasteiger partial charge in [0, 0.05) is 26.1 Å². The Morgan fingerprint density at radius 3 is 2.73 bits per heavy atom.